The van der Waals surface area contributed by atoms with Gasteiger partial charge in [-0.2, -0.15) is 0 Å². The van der Waals surface area contributed by atoms with Crippen LogP contribution in [0.4, 0.5) is 5.69 Å². The van der Waals surface area contributed by atoms with Gasteiger partial charge in [0.25, 0.3) is 5.91 Å². The first-order valence-corrected chi connectivity index (χ1v) is 10.7. The Bertz CT molecular complexity index is 831. The molecule has 0 radical (unpaired) electrons. The van der Waals surface area contributed by atoms with Crippen LogP contribution >= 0.6 is 11.8 Å². The van der Waals surface area contributed by atoms with Gasteiger partial charge in [-0.1, -0.05) is 17.8 Å². The highest BCUT2D eigenvalue weighted by Crippen LogP contribution is 2.35. The summed E-state index contributed by atoms with van der Waals surface area (Å²) in [5, 5.41) is 7.00. The van der Waals surface area contributed by atoms with Crippen molar-refractivity contribution in [1.82, 2.24) is 5.32 Å². The molecule has 24 heavy (non-hydrogen) atoms. The Hall–Kier alpha value is -1.54. The molecule has 0 unspecified atom stereocenters. The molecule has 4 rings (SSSR count). The van der Waals surface area contributed by atoms with E-state index in [1.165, 1.54) is 11.8 Å². The van der Waals surface area contributed by atoms with Crippen molar-refractivity contribution in [3.63, 3.8) is 0 Å². The molecular formula is C16H19N3O3S2. The molecule has 0 aromatic heterocycles. The number of carbonyl (C=O) groups excluding carboxylic acids is 1. The summed E-state index contributed by atoms with van der Waals surface area (Å²) in [5.41, 5.74) is 2.49. The van der Waals surface area contributed by atoms with Crippen molar-refractivity contribution in [1.29, 1.82) is 0 Å². The Morgan fingerprint density at radius 3 is 2.79 bits per heavy atom. The number of fused-ring (bicyclic) bond motifs is 1. The summed E-state index contributed by atoms with van der Waals surface area (Å²) >= 11 is 1.48. The molecule has 1 saturated heterocycles. The third-order valence-electron chi connectivity index (χ3n) is 4.47. The van der Waals surface area contributed by atoms with Gasteiger partial charge >= 0.3 is 0 Å². The molecule has 2 N–H and O–H groups in total. The van der Waals surface area contributed by atoms with Gasteiger partial charge in [-0.25, -0.2) is 8.42 Å². The van der Waals surface area contributed by atoms with E-state index in [-0.39, 0.29) is 28.7 Å². The van der Waals surface area contributed by atoms with Crippen LogP contribution in [0.1, 0.15) is 28.8 Å². The molecule has 0 bridgehead atoms. The molecule has 1 saturated carbocycles. The van der Waals surface area contributed by atoms with Crippen LogP contribution in [0.5, 0.6) is 0 Å². The van der Waals surface area contributed by atoms with Crippen molar-refractivity contribution in [2.24, 2.45) is 4.99 Å². The number of nitrogens with one attached hydrogen (secondary N) is 2. The summed E-state index contributed by atoms with van der Waals surface area (Å²) in [6.07, 6.45) is 2.11. The molecule has 1 aromatic carbocycles. The molecule has 128 valence electrons. The van der Waals surface area contributed by atoms with Gasteiger partial charge in [0.1, 0.15) is 0 Å². The second-order valence-electron chi connectivity index (χ2n) is 6.64. The minimum atomic E-state index is -2.94. The molecule has 1 amide bonds. The van der Waals surface area contributed by atoms with Gasteiger partial charge in [-0.05, 0) is 37.5 Å². The molecule has 1 aliphatic carbocycles. The van der Waals surface area contributed by atoms with E-state index in [1.54, 1.807) is 0 Å². The lowest BCUT2D eigenvalue weighted by Crippen LogP contribution is -2.25. The van der Waals surface area contributed by atoms with E-state index in [0.717, 1.165) is 29.3 Å². The Balaban J connectivity index is 1.49. The summed E-state index contributed by atoms with van der Waals surface area (Å²) in [4.78, 5) is 16.7. The Morgan fingerprint density at radius 1 is 1.29 bits per heavy atom. The number of aliphatic imine (C=N–C) groups is 1. The second-order valence-corrected chi connectivity index (χ2v) is 10.0. The third kappa shape index (κ3) is 3.30. The van der Waals surface area contributed by atoms with E-state index >= 15 is 0 Å². The minimum Gasteiger partial charge on any atom is -0.349 e. The normalized spacial score (nSPS) is 27.5. The predicted molar refractivity (Wildman–Crippen MR) is 96.5 cm³/mol. The zero-order valence-corrected chi connectivity index (χ0v) is 14.9. The van der Waals surface area contributed by atoms with E-state index in [2.05, 4.69) is 15.6 Å². The van der Waals surface area contributed by atoms with Crippen LogP contribution < -0.4 is 10.6 Å². The first-order chi connectivity index (χ1) is 11.4. The van der Waals surface area contributed by atoms with Gasteiger partial charge < -0.3 is 10.6 Å². The lowest BCUT2D eigenvalue weighted by atomic mass is 10.1. The van der Waals surface area contributed by atoms with Gasteiger partial charge in [-0.15, -0.1) is 0 Å². The lowest BCUT2D eigenvalue weighted by molar-refractivity contribution is 0.0951. The summed E-state index contributed by atoms with van der Waals surface area (Å²) < 4.78 is 23.3. The summed E-state index contributed by atoms with van der Waals surface area (Å²) in [6.45, 7) is 1.97. The van der Waals surface area contributed by atoms with Crippen LogP contribution in [0.2, 0.25) is 0 Å². The number of carbonyl (C=O) groups is 1. The van der Waals surface area contributed by atoms with Gasteiger partial charge in [0.2, 0.25) is 0 Å². The lowest BCUT2D eigenvalue weighted by Gasteiger charge is -2.12. The van der Waals surface area contributed by atoms with Crippen molar-refractivity contribution in [2.45, 2.75) is 37.1 Å². The number of sulfone groups is 1. The summed E-state index contributed by atoms with van der Waals surface area (Å²) in [6, 6.07) is 5.75. The summed E-state index contributed by atoms with van der Waals surface area (Å²) in [7, 11) is -2.94. The average Bonchev–Trinajstić information content (AvgIpc) is 3.16. The van der Waals surface area contributed by atoms with Crippen molar-refractivity contribution in [3.8, 4) is 0 Å². The average molecular weight is 365 g/mol. The quantitative estimate of drug-likeness (QED) is 0.849. The molecule has 2 atom stereocenters. The fourth-order valence-electron chi connectivity index (χ4n) is 2.93. The van der Waals surface area contributed by atoms with E-state index in [4.69, 9.17) is 0 Å². The maximum Gasteiger partial charge on any atom is 0.251 e. The number of aryl methyl sites for hydroxylation is 1. The fourth-order valence-corrected chi connectivity index (χ4v) is 6.59. The SMILES string of the molecule is Cc1ccc(C(=O)NC2CC2)cc1NC1=N[C@H]2CS(=O)(=O)C[C@@H]2S1. The van der Waals surface area contributed by atoms with E-state index in [1.807, 2.05) is 25.1 Å². The highest BCUT2D eigenvalue weighted by molar-refractivity contribution is 8.15. The van der Waals surface area contributed by atoms with Crippen LogP contribution in [0.25, 0.3) is 0 Å². The fraction of sp³-hybridized carbons (Fsp3) is 0.500. The number of hydrogen-bond donors (Lipinski definition) is 2. The maximum atomic E-state index is 12.2. The third-order valence-corrected chi connectivity index (χ3v) is 7.61. The molecule has 3 aliphatic rings. The Morgan fingerprint density at radius 2 is 2.08 bits per heavy atom. The number of thioether (sulfide) groups is 1. The van der Waals surface area contributed by atoms with Gasteiger partial charge in [0, 0.05) is 22.5 Å². The highest BCUT2D eigenvalue weighted by Gasteiger charge is 2.42. The number of benzene rings is 1. The first kappa shape index (κ1) is 16.0. The van der Waals surface area contributed by atoms with Crippen molar-refractivity contribution in [3.05, 3.63) is 29.3 Å². The number of anilines is 1. The van der Waals surface area contributed by atoms with Gasteiger partial charge in [-0.3, -0.25) is 9.79 Å². The molecule has 2 fully saturated rings. The first-order valence-electron chi connectivity index (χ1n) is 8.03. The van der Waals surface area contributed by atoms with Crippen LogP contribution in [-0.2, 0) is 9.84 Å². The highest BCUT2D eigenvalue weighted by atomic mass is 32.2. The molecule has 1 aromatic rings. The predicted octanol–water partition coefficient (Wildman–Crippen LogP) is 1.57. The van der Waals surface area contributed by atoms with Crippen LogP contribution in [-0.4, -0.2) is 48.3 Å². The van der Waals surface area contributed by atoms with Crippen molar-refractivity contribution >= 4 is 38.4 Å². The minimum absolute atomic E-state index is 0.0131. The number of nitrogens with zero attached hydrogens (tertiary/aromatic N) is 1. The number of hydrogen-bond acceptors (Lipinski definition) is 6. The van der Waals surface area contributed by atoms with Crippen LogP contribution in [0.15, 0.2) is 23.2 Å². The molecule has 0 spiro atoms. The Labute approximate surface area is 145 Å². The van der Waals surface area contributed by atoms with Crippen molar-refractivity contribution in [2.75, 3.05) is 16.8 Å². The smallest absolute Gasteiger partial charge is 0.251 e. The second kappa shape index (κ2) is 5.77. The van der Waals surface area contributed by atoms with Crippen molar-refractivity contribution < 1.29 is 13.2 Å². The number of amides is 1. The molecule has 8 heteroatoms. The van der Waals surface area contributed by atoms with E-state index < -0.39 is 9.84 Å². The Kier molecular flexibility index (Phi) is 3.84. The zero-order chi connectivity index (χ0) is 16.9. The molecule has 2 heterocycles. The summed E-state index contributed by atoms with van der Waals surface area (Å²) in [5.74, 6) is 0.280. The van der Waals surface area contributed by atoms with E-state index in [0.29, 0.717) is 11.6 Å². The monoisotopic (exact) mass is 365 g/mol. The largest absolute Gasteiger partial charge is 0.349 e. The zero-order valence-electron chi connectivity index (χ0n) is 13.3. The van der Waals surface area contributed by atoms with Gasteiger partial charge in [0.05, 0.1) is 17.5 Å². The molecular weight excluding hydrogens is 346 g/mol. The molecule has 2 aliphatic heterocycles. The number of rotatable bonds is 3. The van der Waals surface area contributed by atoms with Gasteiger partial charge in [0.15, 0.2) is 15.0 Å². The van der Waals surface area contributed by atoms with Crippen LogP contribution in [0, 0.1) is 6.92 Å². The van der Waals surface area contributed by atoms with Crippen LogP contribution in [0.3, 0.4) is 0 Å². The number of amidine groups is 1. The van der Waals surface area contributed by atoms with E-state index in [9.17, 15) is 13.2 Å². The standard InChI is InChI=1S/C16H19N3O3S2/c1-9-2-3-10(15(20)17-11-4-5-11)6-12(9)18-16-19-13-7-24(21,22)8-14(13)23-16/h2-3,6,11,13-14H,4-5,7-8H2,1H3,(H,17,20)(H,18,19)/t13-,14-/m0/s1. The maximum absolute atomic E-state index is 12.2. The topological polar surface area (TPSA) is 87.6 Å². The molecule has 6 nitrogen and oxygen atoms in total.